The normalized spacial score (nSPS) is 12.0. The highest BCUT2D eigenvalue weighted by molar-refractivity contribution is 5.97. The van der Waals surface area contributed by atoms with Crippen molar-refractivity contribution in [2.75, 3.05) is 4.90 Å². The zero-order valence-corrected chi connectivity index (χ0v) is 32.3. The van der Waals surface area contributed by atoms with Gasteiger partial charge in [-0.25, -0.2) is 0 Å². The van der Waals surface area contributed by atoms with Crippen LogP contribution in [0.15, 0.2) is 249 Å². The van der Waals surface area contributed by atoms with Crippen LogP contribution in [0.2, 0.25) is 0 Å². The summed E-state index contributed by atoms with van der Waals surface area (Å²) in [7, 11) is 0. The van der Waals surface area contributed by atoms with Crippen LogP contribution in [-0.4, -0.2) is 0 Å². The fraction of sp³-hybridized carbons (Fsp3) is 0. The number of benzene rings is 10. The van der Waals surface area contributed by atoms with Gasteiger partial charge in [0, 0.05) is 17.1 Å². The lowest BCUT2D eigenvalue weighted by Gasteiger charge is -2.26. The van der Waals surface area contributed by atoms with Crippen molar-refractivity contribution in [1.29, 1.82) is 0 Å². The second-order valence-corrected chi connectivity index (χ2v) is 14.7. The van der Waals surface area contributed by atoms with Crippen LogP contribution >= 0.6 is 0 Å². The zero-order chi connectivity index (χ0) is 42.9. The third-order valence-electron chi connectivity index (χ3n) is 11.0. The molecule has 0 atom stereocenters. The third-order valence-corrected chi connectivity index (χ3v) is 11.0. The summed E-state index contributed by atoms with van der Waals surface area (Å²) in [5, 5.41) is 2.40. The van der Waals surface area contributed by atoms with Gasteiger partial charge in [-0.05, 0) is 126 Å². The standard InChI is InChI=1S/C58H41N/c1-3-12-42(13-4-1)44-24-26-45(27-25-44)46-28-34-54(35-29-46)59(55-36-30-47(31-37-55)51-19-9-18-50(40-51)43-14-5-2-6-15-43)56-38-32-48(33-39-56)52-20-10-21-53(41-52)58-23-11-17-49-16-7-8-22-57(49)58/h1-41H/i30D,31D,36D,37D. The maximum absolute atomic E-state index is 9.54. The first-order valence-electron chi connectivity index (χ1n) is 21.9. The van der Waals surface area contributed by atoms with Crippen molar-refractivity contribution in [2.45, 2.75) is 0 Å². The first-order valence-corrected chi connectivity index (χ1v) is 19.9. The van der Waals surface area contributed by atoms with Gasteiger partial charge in [0.05, 0.1) is 5.48 Å². The van der Waals surface area contributed by atoms with E-state index in [4.69, 9.17) is 0 Å². The van der Waals surface area contributed by atoms with Crippen molar-refractivity contribution in [3.05, 3.63) is 249 Å². The molecule has 0 unspecified atom stereocenters. The molecule has 1 heteroatoms. The van der Waals surface area contributed by atoms with Gasteiger partial charge in [-0.15, -0.1) is 0 Å². The molecule has 278 valence electrons. The fourth-order valence-electron chi connectivity index (χ4n) is 7.89. The first kappa shape index (κ1) is 31.4. The predicted molar refractivity (Wildman–Crippen MR) is 251 cm³/mol. The smallest absolute Gasteiger partial charge is 0.0645 e. The molecule has 0 saturated heterocycles. The largest absolute Gasteiger partial charge is 0.311 e. The lowest BCUT2D eigenvalue weighted by atomic mass is 9.95. The summed E-state index contributed by atoms with van der Waals surface area (Å²) in [6.07, 6.45) is 0. The van der Waals surface area contributed by atoms with Crippen LogP contribution in [0.5, 0.6) is 0 Å². The predicted octanol–water partition coefficient (Wildman–Crippen LogP) is 16.3. The Hall–Kier alpha value is -7.74. The Labute approximate surface area is 352 Å². The molecule has 0 N–H and O–H groups in total. The number of hydrogen-bond donors (Lipinski definition) is 0. The van der Waals surface area contributed by atoms with E-state index in [1.807, 2.05) is 114 Å². The Balaban J connectivity index is 1.05. The second-order valence-electron chi connectivity index (χ2n) is 14.7. The van der Waals surface area contributed by atoms with Crippen molar-refractivity contribution in [2.24, 2.45) is 0 Å². The van der Waals surface area contributed by atoms with E-state index in [0.29, 0.717) is 16.9 Å². The van der Waals surface area contributed by atoms with E-state index >= 15 is 0 Å². The minimum atomic E-state index is -0.122. The third kappa shape index (κ3) is 7.46. The Morgan fingerprint density at radius 2 is 0.627 bits per heavy atom. The van der Waals surface area contributed by atoms with Crippen molar-refractivity contribution in [3.63, 3.8) is 0 Å². The Kier molecular flexibility index (Phi) is 8.51. The van der Waals surface area contributed by atoms with Crippen LogP contribution in [0.25, 0.3) is 77.5 Å². The Morgan fingerprint density at radius 1 is 0.254 bits per heavy atom. The van der Waals surface area contributed by atoms with Crippen molar-refractivity contribution >= 4 is 27.8 Å². The number of anilines is 3. The van der Waals surface area contributed by atoms with Crippen LogP contribution in [0.4, 0.5) is 17.1 Å². The molecule has 0 fully saturated rings. The van der Waals surface area contributed by atoms with Gasteiger partial charge >= 0.3 is 0 Å². The molecule has 10 aromatic carbocycles. The molecule has 1 nitrogen and oxygen atoms in total. The summed E-state index contributed by atoms with van der Waals surface area (Å²) in [4.78, 5) is 1.85. The van der Waals surface area contributed by atoms with Crippen LogP contribution in [0.3, 0.4) is 0 Å². The molecule has 59 heavy (non-hydrogen) atoms. The van der Waals surface area contributed by atoms with Gasteiger partial charge in [0.2, 0.25) is 0 Å². The van der Waals surface area contributed by atoms with E-state index in [2.05, 4.69) is 115 Å². The summed E-state index contributed by atoms with van der Waals surface area (Å²) in [6, 6.07) is 75.6. The molecule has 0 aliphatic carbocycles. The van der Waals surface area contributed by atoms with Gasteiger partial charge in [-0.1, -0.05) is 200 Å². The molecule has 0 aliphatic rings. The second kappa shape index (κ2) is 16.0. The SMILES string of the molecule is [2H]c1c([2H])c(N(c2ccc(-c3ccc(-c4ccccc4)cc3)cc2)c2ccc(-c3cccc(-c4cccc5ccccc45)c3)cc2)c([2H])c([2H])c1-c1cccc(-c2ccccc2)c1. The highest BCUT2D eigenvalue weighted by atomic mass is 15.1. The van der Waals surface area contributed by atoms with Crippen molar-refractivity contribution in [1.82, 2.24) is 0 Å². The fourth-order valence-corrected chi connectivity index (χ4v) is 7.89. The van der Waals surface area contributed by atoms with E-state index in [-0.39, 0.29) is 35.4 Å². The number of rotatable bonds is 9. The zero-order valence-electron chi connectivity index (χ0n) is 36.3. The van der Waals surface area contributed by atoms with Gasteiger partial charge in [0.15, 0.2) is 0 Å². The molecule has 0 saturated carbocycles. The van der Waals surface area contributed by atoms with E-state index in [0.717, 1.165) is 50.1 Å². The van der Waals surface area contributed by atoms with Crippen molar-refractivity contribution < 1.29 is 5.48 Å². The summed E-state index contributed by atoms with van der Waals surface area (Å²) < 4.78 is 37.9. The topological polar surface area (TPSA) is 3.24 Å². The number of nitrogens with zero attached hydrogens (tertiary/aromatic N) is 1. The van der Waals surface area contributed by atoms with Gasteiger partial charge in [-0.2, -0.15) is 0 Å². The number of fused-ring (bicyclic) bond motifs is 1. The van der Waals surface area contributed by atoms with Crippen LogP contribution in [0, 0.1) is 0 Å². The van der Waals surface area contributed by atoms with Gasteiger partial charge in [0.1, 0.15) is 0 Å². The molecule has 0 bridgehead atoms. The molecular weight excluding hydrogens is 711 g/mol. The summed E-state index contributed by atoms with van der Waals surface area (Å²) >= 11 is 0. The quantitative estimate of drug-likeness (QED) is 0.142. The molecule has 0 radical (unpaired) electrons. The summed E-state index contributed by atoms with van der Waals surface area (Å²) in [5.41, 5.74) is 13.2. The lowest BCUT2D eigenvalue weighted by Crippen LogP contribution is -2.09. The molecule has 0 aliphatic heterocycles. The molecule has 10 aromatic rings. The van der Waals surface area contributed by atoms with Crippen LogP contribution in [0.1, 0.15) is 5.48 Å². The summed E-state index contributed by atoms with van der Waals surface area (Å²) in [5.74, 6) is 0. The Morgan fingerprint density at radius 3 is 1.20 bits per heavy atom. The minimum absolute atomic E-state index is 0.0989. The number of hydrogen-bond acceptors (Lipinski definition) is 1. The Bertz CT molecular complexity index is 3200. The van der Waals surface area contributed by atoms with Crippen molar-refractivity contribution in [3.8, 4) is 66.8 Å². The molecule has 0 spiro atoms. The molecule has 10 rings (SSSR count). The van der Waals surface area contributed by atoms with E-state index in [1.165, 1.54) is 16.3 Å². The highest BCUT2D eigenvalue weighted by Crippen LogP contribution is 2.39. The van der Waals surface area contributed by atoms with Crippen LogP contribution < -0.4 is 4.90 Å². The van der Waals surface area contributed by atoms with Crippen LogP contribution in [-0.2, 0) is 0 Å². The molecule has 0 heterocycles. The monoisotopic (exact) mass is 755 g/mol. The lowest BCUT2D eigenvalue weighted by molar-refractivity contribution is 1.28. The first-order chi connectivity index (χ1) is 30.9. The van der Waals surface area contributed by atoms with Gasteiger partial charge in [-0.3, -0.25) is 0 Å². The minimum Gasteiger partial charge on any atom is -0.311 e. The van der Waals surface area contributed by atoms with E-state index in [9.17, 15) is 5.48 Å². The average Bonchev–Trinajstić information content (AvgIpc) is 3.35. The van der Waals surface area contributed by atoms with Gasteiger partial charge in [0.25, 0.3) is 0 Å². The highest BCUT2D eigenvalue weighted by Gasteiger charge is 2.15. The van der Waals surface area contributed by atoms with Gasteiger partial charge < -0.3 is 4.90 Å². The average molecular weight is 756 g/mol. The molecule has 0 amide bonds. The maximum Gasteiger partial charge on any atom is 0.0645 e. The maximum atomic E-state index is 9.54. The molecular formula is C58H41N. The summed E-state index contributed by atoms with van der Waals surface area (Å²) in [6.45, 7) is 0. The molecule has 0 aromatic heterocycles. The van der Waals surface area contributed by atoms with E-state index in [1.54, 1.807) is 0 Å². The van der Waals surface area contributed by atoms with E-state index < -0.39 is 0 Å².